The molecule has 6 heteroatoms. The van der Waals surface area contributed by atoms with Crippen LogP contribution >= 0.6 is 0 Å². The summed E-state index contributed by atoms with van der Waals surface area (Å²) in [6.45, 7) is 4.90. The van der Waals surface area contributed by atoms with Crippen LogP contribution in [-0.2, 0) is 14.3 Å². The molecule has 2 unspecified atom stereocenters. The molecule has 0 aromatic rings. The van der Waals surface area contributed by atoms with Crippen LogP contribution in [0.5, 0.6) is 0 Å². The molecule has 0 aliphatic rings. The van der Waals surface area contributed by atoms with Crippen LogP contribution in [-0.4, -0.2) is 47.4 Å². The number of amides is 1. The molecule has 0 heterocycles. The summed E-state index contributed by atoms with van der Waals surface area (Å²) < 4.78 is 5.48. The number of nitrogens with one attached hydrogen (secondary N) is 1. The summed E-state index contributed by atoms with van der Waals surface area (Å²) >= 11 is 0. The van der Waals surface area contributed by atoms with Crippen LogP contribution in [0.2, 0.25) is 0 Å². The number of ether oxygens (including phenoxy) is 1. The third-order valence-electron chi connectivity index (χ3n) is 15.7. The smallest absolute Gasteiger partial charge is 0.305 e. The lowest BCUT2D eigenvalue weighted by atomic mass is 10.0. The Bertz CT molecular complexity index is 1210. The molecule has 0 aliphatic heterocycles. The lowest BCUT2D eigenvalue weighted by molar-refractivity contribution is -0.143. The highest BCUT2D eigenvalue weighted by molar-refractivity contribution is 5.76. The number of aliphatic hydroxyl groups excluding tert-OH is 2. The van der Waals surface area contributed by atoms with E-state index in [1.165, 1.54) is 289 Å². The summed E-state index contributed by atoms with van der Waals surface area (Å²) in [6.07, 6.45) is 82.0. The summed E-state index contributed by atoms with van der Waals surface area (Å²) in [5.41, 5.74) is 0. The predicted octanol–water partition coefficient (Wildman–Crippen LogP) is 21.5. The van der Waals surface area contributed by atoms with Gasteiger partial charge in [0.15, 0.2) is 0 Å². The van der Waals surface area contributed by atoms with Gasteiger partial charge in [-0.1, -0.05) is 326 Å². The second kappa shape index (κ2) is 64.6. The van der Waals surface area contributed by atoms with Gasteiger partial charge >= 0.3 is 5.97 Å². The highest BCUT2D eigenvalue weighted by Crippen LogP contribution is 2.18. The average molecular weight is 1050 g/mol. The molecule has 0 aromatic carbocycles. The average Bonchev–Trinajstić information content (AvgIpc) is 3.41. The van der Waals surface area contributed by atoms with Crippen molar-refractivity contribution < 1.29 is 24.5 Å². The summed E-state index contributed by atoms with van der Waals surface area (Å²) in [6, 6.07) is -0.631. The quantitative estimate of drug-likeness (QED) is 0.0320. The van der Waals surface area contributed by atoms with Crippen LogP contribution < -0.4 is 5.32 Å². The molecule has 3 N–H and O–H groups in total. The third kappa shape index (κ3) is 61.2. The predicted molar refractivity (Wildman–Crippen MR) is 329 cm³/mol. The van der Waals surface area contributed by atoms with Gasteiger partial charge in [0.1, 0.15) is 0 Å². The molecule has 0 radical (unpaired) electrons. The Morgan fingerprint density at radius 3 is 1.04 bits per heavy atom. The SMILES string of the molecule is CCCCC/C=C\C/C=C\CCCCCCCC(=O)OCCCCCCCCCCCCCCCCCCCCCCC(=O)NC(CO)C(O)/C=C/CCCCCCCCCCCCCCCCCCCCCCC. The molecule has 0 aliphatic carbocycles. The molecule has 75 heavy (non-hydrogen) atoms. The highest BCUT2D eigenvalue weighted by Gasteiger charge is 2.18. The van der Waals surface area contributed by atoms with E-state index in [2.05, 4.69) is 43.5 Å². The van der Waals surface area contributed by atoms with E-state index in [-0.39, 0.29) is 18.5 Å². The van der Waals surface area contributed by atoms with Crippen molar-refractivity contribution in [1.82, 2.24) is 5.32 Å². The van der Waals surface area contributed by atoms with Crippen molar-refractivity contribution in [3.8, 4) is 0 Å². The van der Waals surface area contributed by atoms with Gasteiger partial charge in [-0.2, -0.15) is 0 Å². The fraction of sp³-hybridized carbons (Fsp3) is 0.884. The lowest BCUT2D eigenvalue weighted by Crippen LogP contribution is -2.45. The number of allylic oxidation sites excluding steroid dienone is 5. The molecule has 0 saturated carbocycles. The molecule has 0 spiro atoms. The van der Waals surface area contributed by atoms with Crippen molar-refractivity contribution >= 4 is 11.9 Å². The summed E-state index contributed by atoms with van der Waals surface area (Å²) in [5, 5.41) is 23.3. The number of unbranched alkanes of at least 4 members (excludes halogenated alkanes) is 48. The molecule has 2 atom stereocenters. The first-order valence-electron chi connectivity index (χ1n) is 33.8. The fourth-order valence-corrected chi connectivity index (χ4v) is 10.5. The van der Waals surface area contributed by atoms with E-state index < -0.39 is 12.1 Å². The van der Waals surface area contributed by atoms with E-state index in [1.54, 1.807) is 6.08 Å². The molecule has 0 bridgehead atoms. The van der Waals surface area contributed by atoms with Gasteiger partial charge in [0.25, 0.3) is 0 Å². The molecular weight excluding hydrogens is 923 g/mol. The Morgan fingerprint density at radius 1 is 0.373 bits per heavy atom. The van der Waals surface area contributed by atoms with Crippen LogP contribution in [0.1, 0.15) is 367 Å². The zero-order chi connectivity index (χ0) is 54.3. The number of carbonyl (C=O) groups is 2. The first kappa shape index (κ1) is 73.1. The summed E-state index contributed by atoms with van der Waals surface area (Å²) in [5.74, 6) is -0.0702. The fourth-order valence-electron chi connectivity index (χ4n) is 10.5. The number of aliphatic hydroxyl groups is 2. The maximum Gasteiger partial charge on any atom is 0.305 e. The molecular formula is C69H131NO5. The Hall–Kier alpha value is -1.92. The Labute approximate surface area is 468 Å². The lowest BCUT2D eigenvalue weighted by Gasteiger charge is -2.20. The van der Waals surface area contributed by atoms with Crippen LogP contribution in [0.25, 0.3) is 0 Å². The number of rotatable bonds is 63. The minimum absolute atomic E-state index is 0.00357. The molecule has 6 nitrogen and oxygen atoms in total. The van der Waals surface area contributed by atoms with Crippen molar-refractivity contribution in [2.75, 3.05) is 13.2 Å². The van der Waals surface area contributed by atoms with Crippen LogP contribution in [0.3, 0.4) is 0 Å². The molecule has 0 saturated heterocycles. The van der Waals surface area contributed by atoms with Crippen LogP contribution in [0, 0.1) is 0 Å². The van der Waals surface area contributed by atoms with Crippen LogP contribution in [0.15, 0.2) is 36.5 Å². The van der Waals surface area contributed by atoms with Gasteiger partial charge in [0.05, 0.1) is 25.4 Å². The van der Waals surface area contributed by atoms with Crippen LogP contribution in [0.4, 0.5) is 0 Å². The van der Waals surface area contributed by atoms with Crippen molar-refractivity contribution in [1.29, 1.82) is 0 Å². The first-order valence-corrected chi connectivity index (χ1v) is 33.8. The van der Waals surface area contributed by atoms with E-state index in [1.807, 2.05) is 6.08 Å². The zero-order valence-electron chi connectivity index (χ0n) is 50.5. The molecule has 442 valence electrons. The number of hydrogen-bond acceptors (Lipinski definition) is 5. The standard InChI is InChI=1S/C69H131NO5/c1-3-5-7-9-11-13-15-17-19-20-21-22-23-24-27-30-34-37-41-45-49-53-57-61-67(72)66(65-71)70-68(73)62-58-54-50-46-42-38-35-31-28-25-26-29-32-36-40-44-48-52-56-60-64-75-69(74)63-59-55-51-47-43-39-33-18-16-14-12-10-8-6-4-2/h12,14,18,33,57,61,66-67,71-72H,3-11,13,15-17,19-32,34-56,58-60,62-65H2,1-2H3,(H,70,73)/b14-12-,33-18-,61-57+. The van der Waals surface area contributed by atoms with E-state index in [0.29, 0.717) is 19.4 Å². The van der Waals surface area contributed by atoms with Crippen molar-refractivity contribution in [3.63, 3.8) is 0 Å². The van der Waals surface area contributed by atoms with Gasteiger partial charge in [-0.3, -0.25) is 9.59 Å². The Morgan fingerprint density at radius 2 is 0.667 bits per heavy atom. The first-order chi connectivity index (χ1) is 37.0. The third-order valence-corrected chi connectivity index (χ3v) is 15.7. The number of carbonyl (C=O) groups excluding carboxylic acids is 2. The van der Waals surface area contributed by atoms with E-state index in [9.17, 15) is 19.8 Å². The molecule has 1 amide bonds. The zero-order valence-corrected chi connectivity index (χ0v) is 50.5. The van der Waals surface area contributed by atoms with Crippen molar-refractivity contribution in [3.05, 3.63) is 36.5 Å². The Balaban J connectivity index is 3.43. The molecule has 0 fully saturated rings. The maximum absolute atomic E-state index is 12.5. The van der Waals surface area contributed by atoms with Crippen molar-refractivity contribution in [2.24, 2.45) is 0 Å². The van der Waals surface area contributed by atoms with Gasteiger partial charge in [0, 0.05) is 12.8 Å². The monoisotopic (exact) mass is 1050 g/mol. The minimum Gasteiger partial charge on any atom is -0.466 e. The van der Waals surface area contributed by atoms with Crippen molar-refractivity contribution in [2.45, 2.75) is 379 Å². The van der Waals surface area contributed by atoms with E-state index in [4.69, 9.17) is 4.74 Å². The van der Waals surface area contributed by atoms with Gasteiger partial charge in [-0.15, -0.1) is 0 Å². The second-order valence-corrected chi connectivity index (χ2v) is 23.2. The molecule has 0 rings (SSSR count). The van der Waals surface area contributed by atoms with Gasteiger partial charge < -0.3 is 20.3 Å². The van der Waals surface area contributed by atoms with Gasteiger partial charge in [0.2, 0.25) is 5.91 Å². The maximum atomic E-state index is 12.5. The van der Waals surface area contributed by atoms with E-state index >= 15 is 0 Å². The normalized spacial score (nSPS) is 12.7. The highest BCUT2D eigenvalue weighted by atomic mass is 16.5. The second-order valence-electron chi connectivity index (χ2n) is 23.2. The molecule has 0 aromatic heterocycles. The van der Waals surface area contributed by atoms with Gasteiger partial charge in [-0.05, 0) is 64.2 Å². The summed E-state index contributed by atoms with van der Waals surface area (Å²) in [7, 11) is 0. The summed E-state index contributed by atoms with van der Waals surface area (Å²) in [4.78, 5) is 24.6. The topological polar surface area (TPSA) is 95.9 Å². The largest absolute Gasteiger partial charge is 0.466 e. The van der Waals surface area contributed by atoms with E-state index in [0.717, 1.165) is 51.4 Å². The minimum atomic E-state index is -0.848. The van der Waals surface area contributed by atoms with Gasteiger partial charge in [-0.25, -0.2) is 0 Å². The number of hydrogen-bond donors (Lipinski definition) is 3. The number of esters is 1. The Kier molecular flexibility index (Phi) is 63.0.